The average molecular weight is 359 g/mol. The van der Waals surface area contributed by atoms with Crippen molar-refractivity contribution in [3.63, 3.8) is 0 Å². The number of nitrogens with one attached hydrogen (secondary N) is 1. The Bertz CT molecular complexity index is 798. The average Bonchev–Trinajstić information content (AvgIpc) is 3.25. The number of rotatable bonds is 6. The van der Waals surface area contributed by atoms with Crippen LogP contribution in [0.25, 0.3) is 10.8 Å². The quantitative estimate of drug-likeness (QED) is 0.676. The van der Waals surface area contributed by atoms with E-state index in [9.17, 15) is 4.79 Å². The monoisotopic (exact) mass is 359 g/mol. The normalized spacial score (nSPS) is 12.1. The van der Waals surface area contributed by atoms with E-state index in [-0.39, 0.29) is 11.2 Å². The van der Waals surface area contributed by atoms with Crippen molar-refractivity contribution in [2.75, 3.05) is 0 Å². The van der Waals surface area contributed by atoms with E-state index in [0.717, 1.165) is 10.4 Å². The molecule has 0 bridgehead atoms. The van der Waals surface area contributed by atoms with Crippen molar-refractivity contribution in [3.05, 3.63) is 52.9 Å². The fraction of sp³-hybridized carbons (Fsp3) is 0.235. The molecule has 0 spiro atoms. The molecular formula is C17H17N3O2S2. The zero-order chi connectivity index (χ0) is 16.9. The van der Waals surface area contributed by atoms with E-state index in [1.54, 1.807) is 0 Å². The number of thioether (sulfide) groups is 1. The van der Waals surface area contributed by atoms with Gasteiger partial charge in [-0.05, 0) is 30.9 Å². The molecule has 5 nitrogen and oxygen atoms in total. The number of amides is 1. The number of aryl methyl sites for hydroxylation is 1. The van der Waals surface area contributed by atoms with Crippen molar-refractivity contribution < 1.29 is 9.21 Å². The fourth-order valence-corrected chi connectivity index (χ4v) is 3.35. The highest BCUT2D eigenvalue weighted by Crippen LogP contribution is 2.28. The van der Waals surface area contributed by atoms with Gasteiger partial charge in [-0.2, -0.15) is 0 Å². The first-order valence-electron chi connectivity index (χ1n) is 7.49. The highest BCUT2D eigenvalue weighted by atomic mass is 32.2. The van der Waals surface area contributed by atoms with Gasteiger partial charge in [0.05, 0.1) is 10.1 Å². The third-order valence-corrected chi connectivity index (χ3v) is 5.16. The summed E-state index contributed by atoms with van der Waals surface area (Å²) >= 11 is 2.80. The van der Waals surface area contributed by atoms with Crippen LogP contribution in [-0.2, 0) is 11.3 Å². The molecule has 0 unspecified atom stereocenters. The second-order valence-electron chi connectivity index (χ2n) is 5.31. The van der Waals surface area contributed by atoms with Gasteiger partial charge in [0.15, 0.2) is 0 Å². The molecule has 1 amide bonds. The van der Waals surface area contributed by atoms with E-state index in [1.165, 1.54) is 28.7 Å². The molecule has 0 aliphatic rings. The molecule has 3 aromatic rings. The highest BCUT2D eigenvalue weighted by molar-refractivity contribution is 8.00. The number of thiophene rings is 1. The maximum atomic E-state index is 12.2. The Morgan fingerprint density at radius 1 is 1.29 bits per heavy atom. The first-order chi connectivity index (χ1) is 11.6. The molecule has 124 valence electrons. The zero-order valence-electron chi connectivity index (χ0n) is 13.4. The zero-order valence-corrected chi connectivity index (χ0v) is 15.0. The summed E-state index contributed by atoms with van der Waals surface area (Å²) in [6.45, 7) is 4.37. The van der Waals surface area contributed by atoms with Gasteiger partial charge >= 0.3 is 0 Å². The molecule has 0 fully saturated rings. The van der Waals surface area contributed by atoms with Gasteiger partial charge in [-0.1, -0.05) is 47.7 Å². The molecular weight excluding hydrogens is 342 g/mol. The van der Waals surface area contributed by atoms with Crippen molar-refractivity contribution in [3.8, 4) is 10.8 Å². The maximum Gasteiger partial charge on any atom is 0.277 e. The molecule has 0 radical (unpaired) electrons. The Labute approximate surface area is 148 Å². The molecule has 0 aliphatic carbocycles. The van der Waals surface area contributed by atoms with Crippen LogP contribution in [0.5, 0.6) is 0 Å². The van der Waals surface area contributed by atoms with E-state index in [1.807, 2.05) is 55.6 Å². The van der Waals surface area contributed by atoms with Crippen LogP contribution in [0.2, 0.25) is 0 Å². The Kier molecular flexibility index (Phi) is 5.32. The molecule has 24 heavy (non-hydrogen) atoms. The first kappa shape index (κ1) is 16.7. The number of aromatic nitrogens is 2. The topological polar surface area (TPSA) is 68.0 Å². The summed E-state index contributed by atoms with van der Waals surface area (Å²) in [5, 5.41) is 13.0. The standard InChI is InChI=1S/C17H17N3O2S2/c1-11-5-7-13(8-6-11)10-18-15(21)12(2)24-17-20-19-16(22-17)14-4-3-9-23-14/h3-9,12H,10H2,1-2H3,(H,18,21)/t12-/m0/s1. The molecule has 1 atom stereocenters. The van der Waals surface area contributed by atoms with E-state index < -0.39 is 0 Å². The van der Waals surface area contributed by atoms with Crippen molar-refractivity contribution in [2.24, 2.45) is 0 Å². The Hall–Kier alpha value is -2.12. The molecule has 0 aliphatic heterocycles. The van der Waals surface area contributed by atoms with Crippen LogP contribution in [0.1, 0.15) is 18.1 Å². The van der Waals surface area contributed by atoms with Gasteiger partial charge in [0.1, 0.15) is 0 Å². The van der Waals surface area contributed by atoms with Gasteiger partial charge in [0, 0.05) is 6.54 Å². The summed E-state index contributed by atoms with van der Waals surface area (Å²) < 4.78 is 5.60. The number of carbonyl (C=O) groups is 1. The van der Waals surface area contributed by atoms with Gasteiger partial charge in [-0.3, -0.25) is 4.79 Å². The van der Waals surface area contributed by atoms with E-state index in [2.05, 4.69) is 15.5 Å². The molecule has 7 heteroatoms. The SMILES string of the molecule is Cc1ccc(CNC(=O)[C@H](C)Sc2nnc(-c3cccs3)o2)cc1. The second kappa shape index (κ2) is 7.63. The predicted octanol–water partition coefficient (Wildman–Crippen LogP) is 3.90. The predicted molar refractivity (Wildman–Crippen MR) is 96.0 cm³/mol. The smallest absolute Gasteiger partial charge is 0.277 e. The molecule has 2 aromatic heterocycles. The van der Waals surface area contributed by atoms with Crippen LogP contribution in [-0.4, -0.2) is 21.4 Å². The summed E-state index contributed by atoms with van der Waals surface area (Å²) in [5.41, 5.74) is 2.27. The summed E-state index contributed by atoms with van der Waals surface area (Å²) in [6, 6.07) is 11.9. The Morgan fingerprint density at radius 2 is 2.08 bits per heavy atom. The van der Waals surface area contributed by atoms with Gasteiger partial charge in [0.2, 0.25) is 5.91 Å². The summed E-state index contributed by atoms with van der Waals surface area (Å²) in [4.78, 5) is 13.1. The van der Waals surface area contributed by atoms with E-state index in [4.69, 9.17) is 4.42 Å². The summed E-state index contributed by atoms with van der Waals surface area (Å²) in [7, 11) is 0. The molecule has 1 N–H and O–H groups in total. The van der Waals surface area contributed by atoms with Gasteiger partial charge < -0.3 is 9.73 Å². The Morgan fingerprint density at radius 3 is 2.79 bits per heavy atom. The summed E-state index contributed by atoms with van der Waals surface area (Å²) in [6.07, 6.45) is 0. The molecule has 1 aromatic carbocycles. The minimum absolute atomic E-state index is 0.0588. The molecule has 2 heterocycles. The number of hydrogen-bond donors (Lipinski definition) is 1. The van der Waals surface area contributed by atoms with Crippen molar-refractivity contribution in [1.29, 1.82) is 0 Å². The van der Waals surface area contributed by atoms with Crippen LogP contribution >= 0.6 is 23.1 Å². The lowest BCUT2D eigenvalue weighted by atomic mass is 10.1. The third kappa shape index (κ3) is 4.24. The van der Waals surface area contributed by atoms with E-state index >= 15 is 0 Å². The van der Waals surface area contributed by atoms with Crippen LogP contribution in [0, 0.1) is 6.92 Å². The lowest BCUT2D eigenvalue weighted by molar-refractivity contribution is -0.120. The van der Waals surface area contributed by atoms with Gasteiger partial charge in [-0.25, -0.2) is 0 Å². The van der Waals surface area contributed by atoms with Crippen molar-refractivity contribution >= 4 is 29.0 Å². The number of nitrogens with zero attached hydrogens (tertiary/aromatic N) is 2. The van der Waals surface area contributed by atoms with Gasteiger partial charge in [0.25, 0.3) is 11.1 Å². The van der Waals surface area contributed by atoms with Crippen LogP contribution in [0.4, 0.5) is 0 Å². The number of benzene rings is 1. The third-order valence-electron chi connectivity index (χ3n) is 3.37. The van der Waals surface area contributed by atoms with E-state index in [0.29, 0.717) is 17.7 Å². The van der Waals surface area contributed by atoms with Crippen molar-refractivity contribution in [1.82, 2.24) is 15.5 Å². The largest absolute Gasteiger partial charge is 0.410 e. The summed E-state index contributed by atoms with van der Waals surface area (Å²) in [5.74, 6) is 0.427. The second-order valence-corrected chi connectivity index (χ2v) is 7.55. The highest BCUT2D eigenvalue weighted by Gasteiger charge is 2.18. The minimum Gasteiger partial charge on any atom is -0.410 e. The lowest BCUT2D eigenvalue weighted by Crippen LogP contribution is -2.30. The van der Waals surface area contributed by atoms with Crippen LogP contribution in [0.3, 0.4) is 0 Å². The first-order valence-corrected chi connectivity index (χ1v) is 9.25. The molecule has 0 saturated heterocycles. The number of hydrogen-bond acceptors (Lipinski definition) is 6. The Balaban J connectivity index is 1.53. The molecule has 0 saturated carbocycles. The van der Waals surface area contributed by atoms with Crippen LogP contribution < -0.4 is 5.32 Å². The van der Waals surface area contributed by atoms with Crippen molar-refractivity contribution in [2.45, 2.75) is 30.9 Å². The lowest BCUT2D eigenvalue weighted by Gasteiger charge is -2.10. The number of carbonyl (C=O) groups excluding carboxylic acids is 1. The van der Waals surface area contributed by atoms with Gasteiger partial charge in [-0.15, -0.1) is 21.5 Å². The van der Waals surface area contributed by atoms with Crippen LogP contribution in [0.15, 0.2) is 51.4 Å². The fourth-order valence-electron chi connectivity index (χ4n) is 2.00. The minimum atomic E-state index is -0.313. The molecule has 3 rings (SSSR count). The maximum absolute atomic E-state index is 12.2.